The van der Waals surface area contributed by atoms with Gasteiger partial charge in [0.05, 0.1) is 11.5 Å². The molecule has 0 aliphatic heterocycles. The van der Waals surface area contributed by atoms with Gasteiger partial charge < -0.3 is 10.2 Å². The number of aliphatic hydroxyl groups excluding tert-OH is 2. The molecule has 0 unspecified atom stereocenters. The van der Waals surface area contributed by atoms with Crippen LogP contribution in [0.5, 0.6) is 0 Å². The first-order valence-electron chi connectivity index (χ1n) is 13.9. The lowest BCUT2D eigenvalue weighted by Crippen LogP contribution is -2.60. The zero-order chi connectivity index (χ0) is 41.6. The molecule has 0 spiro atoms. The van der Waals surface area contributed by atoms with Gasteiger partial charge in [0.25, 0.3) is 20.2 Å². The second-order valence-corrected chi connectivity index (χ2v) is 13.5. The van der Waals surface area contributed by atoms with E-state index in [2.05, 4.69) is 0 Å². The van der Waals surface area contributed by atoms with Gasteiger partial charge in [0.2, 0.25) is 0 Å². The lowest BCUT2D eigenvalue weighted by atomic mass is 9.98. The fourth-order valence-electron chi connectivity index (χ4n) is 3.17. The van der Waals surface area contributed by atoms with E-state index < -0.39 is 105 Å². The zero-order valence-corrected chi connectivity index (χ0v) is 27.3. The highest BCUT2D eigenvalue weighted by atomic mass is 32.2. The highest BCUT2D eigenvalue weighted by Crippen LogP contribution is 2.55. The van der Waals surface area contributed by atoms with Crippen LogP contribution in [-0.2, 0) is 20.2 Å². The highest BCUT2D eigenvalue weighted by molar-refractivity contribution is 7.86. The van der Waals surface area contributed by atoms with Crippen molar-refractivity contribution < 1.29 is 115 Å². The number of hydrogen-bond acceptors (Lipinski definition) is 6. The number of aliphatic hydroxyl groups is 2. The molecule has 0 bridgehead atoms. The van der Waals surface area contributed by atoms with Gasteiger partial charge in [-0.25, -0.2) is 0 Å². The van der Waals surface area contributed by atoms with E-state index in [1.807, 2.05) is 0 Å². The predicted octanol–water partition coefficient (Wildman–Crippen LogP) is 7.95. The van der Waals surface area contributed by atoms with Crippen LogP contribution in [0.25, 0.3) is 0 Å². The maximum Gasteiger partial charge on any atom is 0.460 e. The molecule has 0 radical (unpaired) electrons. The molecule has 0 aromatic carbocycles. The van der Waals surface area contributed by atoms with Crippen LogP contribution in [-0.4, -0.2) is 109 Å². The third kappa shape index (κ3) is 17.9. The fourth-order valence-corrected chi connectivity index (χ4v) is 4.31. The molecule has 0 fully saturated rings. The Morgan fingerprint density at radius 2 is 0.588 bits per heavy atom. The Hall–Kier alpha value is -1.52. The van der Waals surface area contributed by atoms with Crippen molar-refractivity contribution in [3.63, 3.8) is 0 Å². The van der Waals surface area contributed by atoms with Crippen molar-refractivity contribution in [3.05, 3.63) is 0 Å². The van der Waals surface area contributed by atoms with Gasteiger partial charge in [-0.15, -0.1) is 0 Å². The fraction of sp³-hybridized carbons (Fsp3) is 1.00. The molecule has 0 aliphatic rings. The van der Waals surface area contributed by atoms with Gasteiger partial charge in [0.1, 0.15) is 0 Å². The second-order valence-electron chi connectivity index (χ2n) is 10.4. The number of hydrogen-bond donors (Lipinski definition) is 4. The molecular weight excluding hydrogens is 810 g/mol. The van der Waals surface area contributed by atoms with Crippen LogP contribution in [0.4, 0.5) is 79.0 Å². The minimum absolute atomic E-state index is 0.0938. The molecule has 0 aliphatic carbocycles. The van der Waals surface area contributed by atoms with E-state index in [1.165, 1.54) is 0 Å². The van der Waals surface area contributed by atoms with E-state index in [-0.39, 0.29) is 51.7 Å². The average Bonchev–Trinajstić information content (AvgIpc) is 2.91. The maximum absolute atomic E-state index is 13.1. The van der Waals surface area contributed by atoms with Crippen molar-refractivity contribution in [2.75, 3.05) is 24.7 Å². The normalized spacial score (nSPS) is 14.4. The van der Waals surface area contributed by atoms with E-state index in [9.17, 15) is 95.9 Å². The Labute approximate surface area is 279 Å². The largest absolute Gasteiger partial charge is 0.460 e. The molecular formula is C23H34F18O8S2. The Morgan fingerprint density at radius 1 is 0.353 bits per heavy atom. The van der Waals surface area contributed by atoms with Gasteiger partial charge in [-0.2, -0.15) is 95.9 Å². The Kier molecular flexibility index (Phi) is 21.4. The molecule has 0 heterocycles. The van der Waals surface area contributed by atoms with Crippen molar-refractivity contribution in [2.24, 2.45) is 0 Å². The van der Waals surface area contributed by atoms with Crippen LogP contribution in [0.1, 0.15) is 70.6 Å². The summed E-state index contributed by atoms with van der Waals surface area (Å²) < 4.78 is 283. The summed E-state index contributed by atoms with van der Waals surface area (Å²) in [6.07, 6.45) is -20.0. The van der Waals surface area contributed by atoms with Gasteiger partial charge in [-0.1, -0.05) is 25.7 Å². The van der Waals surface area contributed by atoms with Gasteiger partial charge in [0, 0.05) is 26.1 Å². The maximum atomic E-state index is 13.1. The summed E-state index contributed by atoms with van der Waals surface area (Å²) in [4.78, 5) is 0. The van der Waals surface area contributed by atoms with Crippen LogP contribution in [0.3, 0.4) is 0 Å². The topological polar surface area (TPSA) is 149 Å². The molecule has 0 rings (SSSR count). The monoisotopic (exact) mass is 844 g/mol. The van der Waals surface area contributed by atoms with E-state index in [0.29, 0.717) is 6.42 Å². The molecule has 28 heteroatoms. The molecule has 4 N–H and O–H groups in total. The summed E-state index contributed by atoms with van der Waals surface area (Å²) in [5, 5.41) is 15.8. The molecule has 0 aromatic heterocycles. The molecule has 8 nitrogen and oxygen atoms in total. The summed E-state index contributed by atoms with van der Waals surface area (Å²) >= 11 is 0. The first-order valence-corrected chi connectivity index (χ1v) is 17.1. The molecule has 51 heavy (non-hydrogen) atoms. The first kappa shape index (κ1) is 53.8. The lowest BCUT2D eigenvalue weighted by molar-refractivity contribution is -0.396. The molecule has 312 valence electrons. The Bertz CT molecular complexity index is 1110. The van der Waals surface area contributed by atoms with Crippen LogP contribution < -0.4 is 0 Å². The molecule has 0 atom stereocenters. The Morgan fingerprint density at radius 3 is 0.765 bits per heavy atom. The second kappa shape index (κ2) is 20.2. The third-order valence-corrected chi connectivity index (χ3v) is 7.63. The van der Waals surface area contributed by atoms with Crippen molar-refractivity contribution >= 4 is 20.2 Å². The predicted molar refractivity (Wildman–Crippen MR) is 140 cm³/mol. The van der Waals surface area contributed by atoms with Crippen molar-refractivity contribution in [3.8, 4) is 0 Å². The van der Waals surface area contributed by atoms with Gasteiger partial charge in [-0.05, 0) is 32.1 Å². The number of halogens is 18. The Balaban J connectivity index is -0.000000796. The lowest BCUT2D eigenvalue weighted by Gasteiger charge is -2.33. The van der Waals surface area contributed by atoms with Crippen LogP contribution in [0.2, 0.25) is 0 Å². The molecule has 0 amide bonds. The van der Waals surface area contributed by atoms with E-state index in [4.69, 9.17) is 19.3 Å². The van der Waals surface area contributed by atoms with Gasteiger partial charge in [-0.3, -0.25) is 9.11 Å². The summed E-state index contributed by atoms with van der Waals surface area (Å²) in [6.45, 7) is 0.188. The first-order chi connectivity index (χ1) is 22.3. The van der Waals surface area contributed by atoms with Crippen molar-refractivity contribution in [1.29, 1.82) is 0 Å². The van der Waals surface area contributed by atoms with Crippen LogP contribution >= 0.6 is 0 Å². The van der Waals surface area contributed by atoms with Gasteiger partial charge >= 0.3 is 47.9 Å². The molecule has 0 saturated carbocycles. The summed E-state index contributed by atoms with van der Waals surface area (Å²) in [5.74, 6) is -39.7. The third-order valence-electron chi connectivity index (χ3n) is 6.02. The quantitative estimate of drug-likeness (QED) is 0.0549. The van der Waals surface area contributed by atoms with Gasteiger partial charge in [0.15, 0.2) is 0 Å². The smallest absolute Gasteiger partial charge is 0.396 e. The molecule has 0 saturated heterocycles. The van der Waals surface area contributed by atoms with Crippen LogP contribution in [0.15, 0.2) is 0 Å². The summed E-state index contributed by atoms with van der Waals surface area (Å²) in [6, 6.07) is 0. The molecule has 0 aromatic rings. The van der Waals surface area contributed by atoms with E-state index in [0.717, 1.165) is 0 Å². The number of unbranched alkanes of at least 4 members (excludes halogenated alkanes) is 6. The van der Waals surface area contributed by atoms with E-state index >= 15 is 0 Å². The summed E-state index contributed by atoms with van der Waals surface area (Å²) in [7, 11) is -8.58. The minimum Gasteiger partial charge on any atom is -0.396 e. The van der Waals surface area contributed by atoms with Crippen LogP contribution in [0, 0.1) is 0 Å². The number of alkyl halides is 18. The SMILES string of the molecule is O=S(=O)(O)CCCCCCC(F)(F)C(F)(F)C(F)(F)C(F)(F)F.O=S(=O)(O)CCCCCCC(F)(F)C(F)(F)C(F)(F)C(F)(F)F.OCCCO. The van der Waals surface area contributed by atoms with Crippen molar-refractivity contribution in [1.82, 2.24) is 0 Å². The minimum atomic E-state index is -6.89. The zero-order valence-electron chi connectivity index (χ0n) is 25.6. The highest BCUT2D eigenvalue weighted by Gasteiger charge is 2.82. The van der Waals surface area contributed by atoms with E-state index in [1.54, 1.807) is 0 Å². The average molecular weight is 845 g/mol. The number of rotatable bonds is 20. The summed E-state index contributed by atoms with van der Waals surface area (Å²) in [5.41, 5.74) is 0. The standard InChI is InChI=1S/2C10H13F9O3S.C3H8O2/c2*11-7(12,5-3-1-2-4-6-23(20,21)22)8(13,14)9(15,16)10(17,18)19;4-2-1-3-5/h2*1-6H2,(H,20,21,22);4-5H,1-3H2. The van der Waals surface area contributed by atoms with Crippen molar-refractivity contribution in [2.45, 2.75) is 119 Å².